The topological polar surface area (TPSA) is 116 Å². The molecule has 42 valence electrons. The van der Waals surface area contributed by atoms with E-state index in [9.17, 15) is 0 Å². The summed E-state index contributed by atoms with van der Waals surface area (Å²) in [4.78, 5) is 14.3. The minimum atomic E-state index is -3.13. The van der Waals surface area contributed by atoms with E-state index in [-0.39, 0.29) is 6.15 Å². The standard InChI is InChI=1S/CHN.H3N.H2O3Si/c1-2;;1-4(2)3/h1H;1H3;1-2H. The van der Waals surface area contributed by atoms with Crippen LogP contribution >= 0.6 is 0 Å². The number of hydrogen-bond acceptors (Lipinski definition) is 3. The van der Waals surface area contributed by atoms with Crippen molar-refractivity contribution in [3.63, 3.8) is 0 Å². The molecule has 0 aromatic heterocycles. The Hall–Kier alpha value is -0.933. The van der Waals surface area contributed by atoms with E-state index < -0.39 is 9.17 Å². The molecular formula is CH6N2O3Si. The molecule has 0 aliphatic carbocycles. The molecule has 0 bridgehead atoms. The summed E-state index contributed by atoms with van der Waals surface area (Å²) in [6.45, 7) is 3.50. The van der Waals surface area contributed by atoms with Gasteiger partial charge in [-0.05, 0) is 0 Å². The van der Waals surface area contributed by atoms with Crippen LogP contribution in [0.15, 0.2) is 0 Å². The third-order valence-electron chi connectivity index (χ3n) is 0. The zero-order valence-corrected chi connectivity index (χ0v) is 4.53. The van der Waals surface area contributed by atoms with Gasteiger partial charge >= 0.3 is 9.17 Å². The fourth-order valence-corrected chi connectivity index (χ4v) is 0. The zero-order valence-electron chi connectivity index (χ0n) is 3.53. The van der Waals surface area contributed by atoms with E-state index in [1.807, 2.05) is 0 Å². The van der Waals surface area contributed by atoms with E-state index in [2.05, 4.69) is 6.57 Å². The number of nitriles is 1. The third-order valence-corrected chi connectivity index (χ3v) is 0. The maximum atomic E-state index is 8.74. The molecular weight excluding hydrogens is 116 g/mol. The van der Waals surface area contributed by atoms with Crippen molar-refractivity contribution in [1.82, 2.24) is 6.15 Å². The Balaban J connectivity index is -0.0000000480. The van der Waals surface area contributed by atoms with Crippen molar-refractivity contribution in [1.29, 1.82) is 5.26 Å². The summed E-state index contributed by atoms with van der Waals surface area (Å²) < 4.78 is 8.74. The average Bonchev–Trinajstić information content (AvgIpc) is 1.41. The van der Waals surface area contributed by atoms with Crippen LogP contribution in [-0.4, -0.2) is 18.8 Å². The molecule has 0 heterocycles. The van der Waals surface area contributed by atoms with Crippen LogP contribution in [0.3, 0.4) is 0 Å². The largest absolute Gasteiger partial charge is 0.761 e. The van der Waals surface area contributed by atoms with Crippen LogP contribution in [0.5, 0.6) is 0 Å². The number of nitrogens with zero attached hydrogens (tertiary/aromatic N) is 1. The molecule has 5 nitrogen and oxygen atoms in total. The van der Waals surface area contributed by atoms with Crippen LogP contribution in [-0.2, 0) is 4.46 Å². The van der Waals surface area contributed by atoms with E-state index in [0.29, 0.717) is 0 Å². The van der Waals surface area contributed by atoms with Crippen molar-refractivity contribution < 1.29 is 14.1 Å². The zero-order chi connectivity index (χ0) is 5.58. The Bertz CT molecular complexity index is 57.2. The van der Waals surface area contributed by atoms with Crippen LogP contribution < -0.4 is 6.15 Å². The second kappa shape index (κ2) is 19.6. The van der Waals surface area contributed by atoms with Gasteiger partial charge in [-0.15, -0.1) is 0 Å². The lowest BCUT2D eigenvalue weighted by molar-refractivity contribution is 0.330. The molecule has 0 radical (unpaired) electrons. The molecule has 0 aliphatic heterocycles. The van der Waals surface area contributed by atoms with Gasteiger partial charge in [-0.1, -0.05) is 0 Å². The van der Waals surface area contributed by atoms with E-state index >= 15 is 0 Å². The Morgan fingerprint density at radius 2 is 1.43 bits per heavy atom. The molecule has 0 spiro atoms. The molecule has 0 unspecified atom stereocenters. The van der Waals surface area contributed by atoms with Crippen molar-refractivity contribution in [3.05, 3.63) is 0 Å². The lowest BCUT2D eigenvalue weighted by atomic mass is 11.9. The van der Waals surface area contributed by atoms with Crippen molar-refractivity contribution in [2.45, 2.75) is 0 Å². The Kier molecular flexibility index (Phi) is 46.4. The summed E-state index contributed by atoms with van der Waals surface area (Å²) in [7, 11) is -3.13. The summed E-state index contributed by atoms with van der Waals surface area (Å²) in [6, 6.07) is 0. The van der Waals surface area contributed by atoms with Crippen molar-refractivity contribution >= 4 is 9.17 Å². The van der Waals surface area contributed by atoms with Gasteiger partial charge in [-0.3, -0.25) is 4.46 Å². The average molecular weight is 122 g/mol. The van der Waals surface area contributed by atoms with E-state index in [0.717, 1.165) is 0 Å². The monoisotopic (exact) mass is 122 g/mol. The lowest BCUT2D eigenvalue weighted by Crippen LogP contribution is -1.90. The first-order valence-corrected chi connectivity index (χ1v) is 2.21. The minimum absolute atomic E-state index is 0. The molecule has 0 rings (SSSR count). The Labute approximate surface area is 42.3 Å². The van der Waals surface area contributed by atoms with Gasteiger partial charge in [0.15, 0.2) is 0 Å². The summed E-state index contributed by atoms with van der Waals surface area (Å²) >= 11 is 0. The maximum Gasteiger partial charge on any atom is 0.761 e. The Morgan fingerprint density at radius 1 is 1.43 bits per heavy atom. The molecule has 0 aliphatic rings. The van der Waals surface area contributed by atoms with Gasteiger partial charge in [0.25, 0.3) is 0 Å². The highest BCUT2D eigenvalue weighted by Crippen LogP contribution is 1.27. The first kappa shape index (κ1) is 16.6. The van der Waals surface area contributed by atoms with Gasteiger partial charge in [-0.2, -0.15) is 0 Å². The molecule has 0 saturated heterocycles. The van der Waals surface area contributed by atoms with Crippen LogP contribution in [0.2, 0.25) is 0 Å². The molecule has 7 heavy (non-hydrogen) atoms. The van der Waals surface area contributed by atoms with Gasteiger partial charge in [0.05, 0.1) is 0 Å². The molecule has 0 atom stereocenters. The predicted octanol–water partition coefficient (Wildman–Crippen LogP) is -1.31. The highest BCUT2D eigenvalue weighted by Gasteiger charge is 1.85. The predicted molar refractivity (Wildman–Crippen MR) is 22.6 cm³/mol. The second-order valence-electron chi connectivity index (χ2n) is 0.283. The Morgan fingerprint density at radius 3 is 1.43 bits per heavy atom. The highest BCUT2D eigenvalue weighted by molar-refractivity contribution is 6.22. The van der Waals surface area contributed by atoms with Crippen molar-refractivity contribution in [3.8, 4) is 6.57 Å². The van der Waals surface area contributed by atoms with E-state index in [1.165, 1.54) is 0 Å². The van der Waals surface area contributed by atoms with Gasteiger partial charge in [-0.25, -0.2) is 5.26 Å². The highest BCUT2D eigenvalue weighted by atomic mass is 28.3. The SMILES string of the molecule is C#N.N.O=[Si](O)O. The van der Waals surface area contributed by atoms with Crippen LogP contribution in [0.25, 0.3) is 0 Å². The van der Waals surface area contributed by atoms with Gasteiger partial charge in [0, 0.05) is 6.57 Å². The molecule has 0 fully saturated rings. The van der Waals surface area contributed by atoms with Crippen molar-refractivity contribution in [2.75, 3.05) is 0 Å². The summed E-state index contributed by atoms with van der Waals surface area (Å²) in [6.07, 6.45) is 0. The molecule has 0 saturated carbocycles. The summed E-state index contributed by atoms with van der Waals surface area (Å²) in [5.74, 6) is 0. The molecule has 0 amide bonds. The smallest absolute Gasteiger partial charge is 0.511 e. The molecule has 0 aromatic rings. The first-order chi connectivity index (χ1) is 2.73. The summed E-state index contributed by atoms with van der Waals surface area (Å²) in [5, 5.41) is 6.50. The van der Waals surface area contributed by atoms with Crippen molar-refractivity contribution in [2.24, 2.45) is 0 Å². The van der Waals surface area contributed by atoms with Crippen LogP contribution in [0, 0.1) is 11.8 Å². The third kappa shape index (κ3) is 54.7. The molecule has 6 heteroatoms. The van der Waals surface area contributed by atoms with E-state index in [1.54, 1.807) is 0 Å². The van der Waals surface area contributed by atoms with Crippen LogP contribution in [0.4, 0.5) is 0 Å². The lowest BCUT2D eigenvalue weighted by Gasteiger charge is -1.55. The van der Waals surface area contributed by atoms with Crippen LogP contribution in [0.1, 0.15) is 0 Å². The molecule has 0 aromatic carbocycles. The number of hydrogen-bond donors (Lipinski definition) is 3. The second-order valence-corrected chi connectivity index (χ2v) is 0.848. The number of rotatable bonds is 0. The maximum absolute atomic E-state index is 8.74. The summed E-state index contributed by atoms with van der Waals surface area (Å²) in [5.41, 5.74) is 0. The van der Waals surface area contributed by atoms with Gasteiger partial charge in [0.2, 0.25) is 0 Å². The minimum Gasteiger partial charge on any atom is -0.511 e. The first-order valence-electron chi connectivity index (χ1n) is 0.910. The fraction of sp³-hybridized carbons (Fsp3) is 0. The van der Waals surface area contributed by atoms with Gasteiger partial charge < -0.3 is 15.7 Å². The van der Waals surface area contributed by atoms with E-state index in [4.69, 9.17) is 19.3 Å². The normalized spacial score (nSPS) is 3.71. The fourth-order valence-electron chi connectivity index (χ4n) is 0. The van der Waals surface area contributed by atoms with Gasteiger partial charge in [0.1, 0.15) is 0 Å². The quantitative estimate of drug-likeness (QED) is 0.345. The molecule has 5 N–H and O–H groups in total.